The van der Waals surface area contributed by atoms with Gasteiger partial charge in [-0.2, -0.15) is 0 Å². The number of carboxylic acid groups (broad SMARTS) is 1. The Labute approximate surface area is 174 Å². The van der Waals surface area contributed by atoms with Crippen LogP contribution in [0.5, 0.6) is 0 Å². The molecule has 0 bridgehead atoms. The van der Waals surface area contributed by atoms with Gasteiger partial charge in [0.2, 0.25) is 0 Å². The molecule has 0 radical (unpaired) electrons. The van der Waals surface area contributed by atoms with E-state index in [1.165, 1.54) is 12.1 Å². The van der Waals surface area contributed by atoms with Gasteiger partial charge in [-0.3, -0.25) is 4.79 Å². The van der Waals surface area contributed by atoms with Crippen LogP contribution >= 0.6 is 0 Å². The van der Waals surface area contributed by atoms with Crippen molar-refractivity contribution in [1.29, 1.82) is 0 Å². The highest BCUT2D eigenvalue weighted by atomic mass is 19.1. The highest BCUT2D eigenvalue weighted by molar-refractivity contribution is 5.97. The van der Waals surface area contributed by atoms with Gasteiger partial charge in [0.05, 0.1) is 12.5 Å². The molecule has 0 saturated carbocycles. The number of fused-ring (bicyclic) bond motifs is 1. The second-order valence-corrected chi connectivity index (χ2v) is 7.68. The molecule has 0 spiro atoms. The van der Waals surface area contributed by atoms with E-state index in [0.29, 0.717) is 5.69 Å². The lowest BCUT2D eigenvalue weighted by Crippen LogP contribution is -2.09. The summed E-state index contributed by atoms with van der Waals surface area (Å²) in [5.74, 6) is -1.15. The van der Waals surface area contributed by atoms with Crippen LogP contribution in [-0.2, 0) is 11.2 Å². The Hall–Kier alpha value is -3.47. The number of hydrogen-bond acceptors (Lipinski definition) is 2. The van der Waals surface area contributed by atoms with E-state index in [2.05, 4.69) is 4.57 Å². The molecule has 152 valence electrons. The van der Waals surface area contributed by atoms with Crippen LogP contribution < -0.4 is 0 Å². The zero-order chi connectivity index (χ0) is 21.4. The molecule has 0 fully saturated rings. The number of benzene rings is 2. The second-order valence-electron chi connectivity index (χ2n) is 7.68. The minimum atomic E-state index is -0.883. The summed E-state index contributed by atoms with van der Waals surface area (Å²) in [6.45, 7) is 5.92. The van der Waals surface area contributed by atoms with Gasteiger partial charge < -0.3 is 9.67 Å². The summed E-state index contributed by atoms with van der Waals surface area (Å²) in [5.41, 5.74) is 6.21. The topological polar surface area (TPSA) is 55.1 Å². The highest BCUT2D eigenvalue weighted by Gasteiger charge is 2.20. The molecule has 1 N–H and O–H groups in total. The number of halogens is 1. The van der Waals surface area contributed by atoms with Crippen LogP contribution in [0.3, 0.4) is 0 Å². The fourth-order valence-electron chi connectivity index (χ4n) is 3.95. The lowest BCUT2D eigenvalue weighted by molar-refractivity contribution is -0.136. The van der Waals surface area contributed by atoms with Gasteiger partial charge in [0, 0.05) is 17.3 Å². The standard InChI is InChI=1S/C25H23FN2O2/c1-15-4-6-19(7-5-15)24-21-12-13-28(17(3)18-8-10-20(26)11-9-18)25(21)27-16(2)22(24)14-23(29)30/h4-13,17H,14H2,1-3H3,(H,29,30). The summed E-state index contributed by atoms with van der Waals surface area (Å²) >= 11 is 0. The molecular weight excluding hydrogens is 379 g/mol. The van der Waals surface area contributed by atoms with Gasteiger partial charge >= 0.3 is 5.97 Å². The lowest BCUT2D eigenvalue weighted by Gasteiger charge is -2.18. The first kappa shape index (κ1) is 19.8. The Balaban J connectivity index is 1.94. The highest BCUT2D eigenvalue weighted by Crippen LogP contribution is 2.36. The van der Waals surface area contributed by atoms with Crippen LogP contribution in [-0.4, -0.2) is 20.6 Å². The van der Waals surface area contributed by atoms with Crippen LogP contribution in [0.4, 0.5) is 4.39 Å². The first-order valence-electron chi connectivity index (χ1n) is 9.89. The molecule has 5 heteroatoms. The van der Waals surface area contributed by atoms with Gasteiger partial charge in [-0.1, -0.05) is 42.0 Å². The third kappa shape index (κ3) is 3.59. The number of carboxylic acids is 1. The number of aliphatic carboxylic acids is 1. The van der Waals surface area contributed by atoms with Gasteiger partial charge in [-0.25, -0.2) is 9.37 Å². The van der Waals surface area contributed by atoms with Gasteiger partial charge in [0.15, 0.2) is 0 Å². The third-order valence-corrected chi connectivity index (χ3v) is 5.61. The maximum absolute atomic E-state index is 13.3. The first-order valence-corrected chi connectivity index (χ1v) is 9.89. The fraction of sp³-hybridized carbons (Fsp3) is 0.200. The van der Waals surface area contributed by atoms with E-state index in [0.717, 1.165) is 38.9 Å². The van der Waals surface area contributed by atoms with Crippen molar-refractivity contribution >= 4 is 17.0 Å². The zero-order valence-corrected chi connectivity index (χ0v) is 17.2. The van der Waals surface area contributed by atoms with Crippen LogP contribution in [0.1, 0.15) is 35.3 Å². The number of carbonyl (C=O) groups is 1. The molecule has 2 aromatic heterocycles. The van der Waals surface area contributed by atoms with Gasteiger partial charge in [-0.15, -0.1) is 0 Å². The molecule has 4 rings (SSSR count). The molecule has 30 heavy (non-hydrogen) atoms. The molecule has 2 aromatic carbocycles. The quantitative estimate of drug-likeness (QED) is 0.466. The van der Waals surface area contributed by atoms with Crippen LogP contribution in [0.15, 0.2) is 60.8 Å². The van der Waals surface area contributed by atoms with Crippen molar-refractivity contribution in [1.82, 2.24) is 9.55 Å². The van der Waals surface area contributed by atoms with E-state index in [-0.39, 0.29) is 18.3 Å². The number of hydrogen-bond donors (Lipinski definition) is 1. The summed E-state index contributed by atoms with van der Waals surface area (Å²) in [6.07, 6.45) is 1.88. The Morgan fingerprint density at radius 1 is 1.07 bits per heavy atom. The Morgan fingerprint density at radius 3 is 2.37 bits per heavy atom. The zero-order valence-electron chi connectivity index (χ0n) is 17.2. The molecule has 0 amide bonds. The number of pyridine rings is 1. The summed E-state index contributed by atoms with van der Waals surface area (Å²) in [6, 6.07) is 16.5. The number of aryl methyl sites for hydroxylation is 2. The van der Waals surface area contributed by atoms with Crippen molar-refractivity contribution in [3.05, 3.63) is 89.0 Å². The average molecular weight is 402 g/mol. The monoisotopic (exact) mass is 402 g/mol. The molecule has 0 aliphatic carbocycles. The molecule has 4 nitrogen and oxygen atoms in total. The van der Waals surface area contributed by atoms with Crippen molar-refractivity contribution in [3.8, 4) is 11.1 Å². The van der Waals surface area contributed by atoms with Gasteiger partial charge in [0.25, 0.3) is 0 Å². The number of aromatic nitrogens is 2. The van der Waals surface area contributed by atoms with E-state index >= 15 is 0 Å². The van der Waals surface area contributed by atoms with E-state index in [4.69, 9.17) is 4.98 Å². The minimum absolute atomic E-state index is 0.0498. The predicted molar refractivity (Wildman–Crippen MR) is 116 cm³/mol. The normalized spacial score (nSPS) is 12.3. The molecule has 4 aromatic rings. The minimum Gasteiger partial charge on any atom is -0.481 e. The molecule has 0 aliphatic heterocycles. The van der Waals surface area contributed by atoms with Crippen LogP contribution in [0.25, 0.3) is 22.2 Å². The summed E-state index contributed by atoms with van der Waals surface area (Å²) in [4.78, 5) is 16.3. The molecule has 1 unspecified atom stereocenters. The van der Waals surface area contributed by atoms with Crippen molar-refractivity contribution in [2.24, 2.45) is 0 Å². The molecule has 1 atom stereocenters. The van der Waals surface area contributed by atoms with Crippen LogP contribution in [0, 0.1) is 19.7 Å². The van der Waals surface area contributed by atoms with Crippen molar-refractivity contribution < 1.29 is 14.3 Å². The Morgan fingerprint density at radius 2 is 1.73 bits per heavy atom. The van der Waals surface area contributed by atoms with Gasteiger partial charge in [-0.05, 0) is 61.2 Å². The summed E-state index contributed by atoms with van der Waals surface area (Å²) < 4.78 is 15.4. The Kier molecular flexibility index (Phi) is 5.12. The van der Waals surface area contributed by atoms with Crippen molar-refractivity contribution in [3.63, 3.8) is 0 Å². The maximum Gasteiger partial charge on any atom is 0.307 e. The van der Waals surface area contributed by atoms with E-state index < -0.39 is 5.97 Å². The van der Waals surface area contributed by atoms with Crippen LogP contribution in [0.2, 0.25) is 0 Å². The predicted octanol–water partition coefficient (Wildman–Crippen LogP) is 5.70. The smallest absolute Gasteiger partial charge is 0.307 e. The SMILES string of the molecule is Cc1ccc(-c2c(CC(=O)O)c(C)nc3c2ccn3C(C)c2ccc(F)cc2)cc1. The fourth-order valence-corrected chi connectivity index (χ4v) is 3.95. The third-order valence-electron chi connectivity index (χ3n) is 5.61. The van der Waals surface area contributed by atoms with Crippen molar-refractivity contribution in [2.45, 2.75) is 33.2 Å². The molecule has 2 heterocycles. The molecular formula is C25H23FN2O2. The number of rotatable bonds is 5. The lowest BCUT2D eigenvalue weighted by atomic mass is 9.94. The van der Waals surface area contributed by atoms with E-state index in [1.54, 1.807) is 12.1 Å². The van der Waals surface area contributed by atoms with E-state index in [1.807, 2.05) is 57.3 Å². The molecule has 0 saturated heterocycles. The number of nitrogens with zero attached hydrogens (tertiary/aromatic N) is 2. The largest absolute Gasteiger partial charge is 0.481 e. The summed E-state index contributed by atoms with van der Waals surface area (Å²) in [5, 5.41) is 10.4. The van der Waals surface area contributed by atoms with E-state index in [9.17, 15) is 14.3 Å². The van der Waals surface area contributed by atoms with Gasteiger partial charge in [0.1, 0.15) is 11.5 Å². The second kappa shape index (κ2) is 7.75. The summed E-state index contributed by atoms with van der Waals surface area (Å²) in [7, 11) is 0. The first-order chi connectivity index (χ1) is 14.3. The maximum atomic E-state index is 13.3. The Bertz CT molecular complexity index is 1220. The van der Waals surface area contributed by atoms with Crippen molar-refractivity contribution in [2.75, 3.05) is 0 Å². The molecule has 0 aliphatic rings. The average Bonchev–Trinajstić information content (AvgIpc) is 3.12.